The van der Waals surface area contributed by atoms with Crippen LogP contribution in [0, 0.1) is 5.41 Å². The van der Waals surface area contributed by atoms with Crippen LogP contribution in [0.25, 0.3) is 0 Å². The fourth-order valence-electron chi connectivity index (χ4n) is 3.52. The van der Waals surface area contributed by atoms with E-state index in [1.807, 2.05) is 25.1 Å². The highest BCUT2D eigenvalue weighted by molar-refractivity contribution is 5.95. The number of carboxylic acid groups (broad SMARTS) is 1. The Morgan fingerprint density at radius 2 is 1.93 bits per heavy atom. The molecule has 6 heteroatoms. The summed E-state index contributed by atoms with van der Waals surface area (Å²) in [6.45, 7) is 2.04. The maximum absolute atomic E-state index is 12.1. The van der Waals surface area contributed by atoms with Crippen LogP contribution in [0.1, 0.15) is 55.3 Å². The van der Waals surface area contributed by atoms with Crippen molar-refractivity contribution in [2.24, 2.45) is 5.73 Å². The van der Waals surface area contributed by atoms with Gasteiger partial charge in [0, 0.05) is 16.8 Å². The van der Waals surface area contributed by atoms with Gasteiger partial charge in [-0.15, -0.1) is 0 Å². The predicted octanol–water partition coefficient (Wildman–Crippen LogP) is 4.09. The number of nitrogens with two attached hydrogens (primary N) is 1. The van der Waals surface area contributed by atoms with Crippen LogP contribution >= 0.6 is 0 Å². The lowest BCUT2D eigenvalue weighted by Gasteiger charge is -2.22. The summed E-state index contributed by atoms with van der Waals surface area (Å²) in [5.41, 5.74) is 8.42. The number of ether oxygens (including phenoxy) is 1. The highest BCUT2D eigenvalue weighted by atomic mass is 16.5. The molecule has 0 radical (unpaired) electrons. The highest BCUT2D eigenvalue weighted by Gasteiger charge is 2.26. The molecule has 5 N–H and O–H groups in total. The summed E-state index contributed by atoms with van der Waals surface area (Å²) in [5, 5.41) is 20.5. The van der Waals surface area contributed by atoms with Crippen LogP contribution in [0.5, 0.6) is 5.75 Å². The highest BCUT2D eigenvalue weighted by Crippen LogP contribution is 2.33. The molecule has 0 bridgehead atoms. The van der Waals surface area contributed by atoms with Gasteiger partial charge in [-0.1, -0.05) is 13.0 Å². The molecule has 1 aliphatic carbocycles. The molecular formula is C22H27N3O3. The first kappa shape index (κ1) is 19.7. The molecule has 1 aliphatic rings. The smallest absolute Gasteiger partial charge is 0.330 e. The number of aryl methyl sites for hydroxylation is 1. The number of carbonyl (C=O) groups is 1. The van der Waals surface area contributed by atoms with E-state index in [1.165, 1.54) is 0 Å². The number of amidine groups is 1. The van der Waals surface area contributed by atoms with Crippen molar-refractivity contribution in [1.82, 2.24) is 0 Å². The average molecular weight is 381 g/mol. The van der Waals surface area contributed by atoms with Crippen molar-refractivity contribution in [3.05, 3.63) is 59.2 Å². The summed E-state index contributed by atoms with van der Waals surface area (Å²) < 4.78 is 6.18. The van der Waals surface area contributed by atoms with Crippen LogP contribution in [-0.4, -0.2) is 23.0 Å². The molecule has 0 aliphatic heterocycles. The lowest BCUT2D eigenvalue weighted by atomic mass is 10.0. The minimum absolute atomic E-state index is 0.0239. The second-order valence-electron chi connectivity index (χ2n) is 7.16. The zero-order chi connectivity index (χ0) is 20.1. The number of aliphatic carboxylic acids is 1. The van der Waals surface area contributed by atoms with Crippen molar-refractivity contribution in [2.45, 2.75) is 51.2 Å². The Kier molecular flexibility index (Phi) is 6.19. The van der Waals surface area contributed by atoms with Crippen molar-refractivity contribution in [2.75, 3.05) is 5.32 Å². The third kappa shape index (κ3) is 4.63. The largest absolute Gasteiger partial charge is 0.490 e. The van der Waals surface area contributed by atoms with Crippen LogP contribution in [0.3, 0.4) is 0 Å². The summed E-state index contributed by atoms with van der Waals surface area (Å²) in [6, 6.07) is 11.7. The van der Waals surface area contributed by atoms with Crippen LogP contribution in [0.15, 0.2) is 42.5 Å². The number of nitrogens with one attached hydrogen (secondary N) is 2. The monoisotopic (exact) mass is 381 g/mol. The number of carboxylic acids is 1. The molecule has 1 saturated carbocycles. The lowest BCUT2D eigenvalue weighted by Crippen LogP contribution is -2.23. The maximum atomic E-state index is 12.1. The number of hydrogen-bond donors (Lipinski definition) is 4. The van der Waals surface area contributed by atoms with Crippen LogP contribution < -0.4 is 15.8 Å². The number of anilines is 1. The zero-order valence-electron chi connectivity index (χ0n) is 16.1. The molecular weight excluding hydrogens is 354 g/mol. The average Bonchev–Trinajstić information content (AvgIpc) is 3.20. The molecule has 0 saturated heterocycles. The third-order valence-electron chi connectivity index (χ3n) is 5.14. The van der Waals surface area contributed by atoms with Gasteiger partial charge in [-0.2, -0.15) is 0 Å². The van der Waals surface area contributed by atoms with Crippen molar-refractivity contribution in [3.8, 4) is 5.75 Å². The van der Waals surface area contributed by atoms with E-state index in [2.05, 4.69) is 5.32 Å². The summed E-state index contributed by atoms with van der Waals surface area (Å²) in [6.07, 6.45) is 5.28. The van der Waals surface area contributed by atoms with Crippen molar-refractivity contribution in [1.29, 1.82) is 5.41 Å². The fourth-order valence-corrected chi connectivity index (χ4v) is 3.52. The van der Waals surface area contributed by atoms with E-state index in [-0.39, 0.29) is 11.9 Å². The van der Waals surface area contributed by atoms with Crippen molar-refractivity contribution < 1.29 is 14.6 Å². The SMILES string of the molecule is CCc1ccc(OC2CCCC2)c(C(Nc2ccc(C(=N)N)cc2)C(=O)O)c1. The minimum atomic E-state index is -0.972. The minimum Gasteiger partial charge on any atom is -0.490 e. The molecule has 0 spiro atoms. The first-order chi connectivity index (χ1) is 13.5. The van der Waals surface area contributed by atoms with E-state index in [1.54, 1.807) is 24.3 Å². The second-order valence-corrected chi connectivity index (χ2v) is 7.16. The lowest BCUT2D eigenvalue weighted by molar-refractivity contribution is -0.138. The van der Waals surface area contributed by atoms with Gasteiger partial charge in [0.15, 0.2) is 6.04 Å². The Labute approximate surface area is 165 Å². The Balaban J connectivity index is 1.90. The first-order valence-electron chi connectivity index (χ1n) is 9.71. The molecule has 28 heavy (non-hydrogen) atoms. The zero-order valence-corrected chi connectivity index (χ0v) is 16.1. The van der Waals surface area contributed by atoms with E-state index in [0.29, 0.717) is 22.6 Å². The van der Waals surface area contributed by atoms with E-state index in [4.69, 9.17) is 15.9 Å². The van der Waals surface area contributed by atoms with Gasteiger partial charge in [-0.25, -0.2) is 4.79 Å². The van der Waals surface area contributed by atoms with Crippen molar-refractivity contribution >= 4 is 17.5 Å². The summed E-state index contributed by atoms with van der Waals surface area (Å²) in [7, 11) is 0. The van der Waals surface area contributed by atoms with E-state index >= 15 is 0 Å². The van der Waals surface area contributed by atoms with Gasteiger partial charge in [-0.05, 0) is 74.1 Å². The van der Waals surface area contributed by atoms with Crippen LogP contribution in [0.2, 0.25) is 0 Å². The van der Waals surface area contributed by atoms with E-state index < -0.39 is 12.0 Å². The molecule has 1 fully saturated rings. The molecule has 3 rings (SSSR count). The topological polar surface area (TPSA) is 108 Å². The number of benzene rings is 2. The van der Waals surface area contributed by atoms with Crippen molar-refractivity contribution in [3.63, 3.8) is 0 Å². The quantitative estimate of drug-likeness (QED) is 0.407. The normalized spacial score (nSPS) is 15.2. The Morgan fingerprint density at radius 1 is 1.25 bits per heavy atom. The second kappa shape index (κ2) is 8.78. The molecule has 0 amide bonds. The van der Waals surface area contributed by atoms with Crippen LogP contribution in [0.4, 0.5) is 5.69 Å². The fraction of sp³-hybridized carbons (Fsp3) is 0.364. The van der Waals surface area contributed by atoms with E-state index in [0.717, 1.165) is 37.7 Å². The molecule has 2 aromatic rings. The van der Waals surface area contributed by atoms with E-state index in [9.17, 15) is 9.90 Å². The van der Waals surface area contributed by atoms with Gasteiger partial charge >= 0.3 is 5.97 Å². The van der Waals surface area contributed by atoms with Gasteiger partial charge in [0.1, 0.15) is 11.6 Å². The number of rotatable bonds is 8. The van der Waals surface area contributed by atoms with Gasteiger partial charge in [0.05, 0.1) is 6.10 Å². The molecule has 1 atom stereocenters. The molecule has 0 aromatic heterocycles. The summed E-state index contributed by atoms with van der Waals surface area (Å²) in [4.78, 5) is 12.1. The first-order valence-corrected chi connectivity index (χ1v) is 9.71. The van der Waals surface area contributed by atoms with Crippen LogP contribution in [-0.2, 0) is 11.2 Å². The molecule has 2 aromatic carbocycles. The number of nitrogen functional groups attached to an aromatic ring is 1. The summed E-state index contributed by atoms with van der Waals surface area (Å²) in [5.74, 6) is -0.367. The number of hydrogen-bond acceptors (Lipinski definition) is 4. The molecule has 1 unspecified atom stereocenters. The maximum Gasteiger partial charge on any atom is 0.330 e. The van der Waals surface area contributed by atoms with Gasteiger partial charge in [0.25, 0.3) is 0 Å². The predicted molar refractivity (Wildman–Crippen MR) is 110 cm³/mol. The summed E-state index contributed by atoms with van der Waals surface area (Å²) >= 11 is 0. The standard InChI is InChI=1S/C22H27N3O3/c1-2-14-7-12-19(28-17-5-3-4-6-17)18(13-14)20(22(26)27)25-16-10-8-15(9-11-16)21(23)24/h7-13,17,20,25H,2-6H2,1H3,(H3,23,24)(H,26,27). The van der Waals surface area contributed by atoms with Gasteiger partial charge in [0.2, 0.25) is 0 Å². The molecule has 6 nitrogen and oxygen atoms in total. The Bertz CT molecular complexity index is 843. The Morgan fingerprint density at radius 3 is 2.50 bits per heavy atom. The third-order valence-corrected chi connectivity index (χ3v) is 5.14. The molecule has 148 valence electrons. The van der Waals surface area contributed by atoms with Gasteiger partial charge < -0.3 is 20.9 Å². The Hall–Kier alpha value is -3.02. The van der Waals surface area contributed by atoms with Gasteiger partial charge in [-0.3, -0.25) is 5.41 Å². The molecule has 0 heterocycles.